The second-order valence-electron chi connectivity index (χ2n) is 2.72. The first-order valence-electron chi connectivity index (χ1n) is 3.47. The molecule has 1 aromatic carbocycles. The molecule has 0 bridgehead atoms. The van der Waals surface area contributed by atoms with Gasteiger partial charge in [0.2, 0.25) is 0 Å². The average molecular weight is 175 g/mol. The Balaban J connectivity index is 0. The third kappa shape index (κ3) is 5.75. The van der Waals surface area contributed by atoms with Gasteiger partial charge in [0.15, 0.2) is 0 Å². The molecule has 0 spiro atoms. The molecule has 0 aliphatic rings. The van der Waals surface area contributed by atoms with Crippen molar-refractivity contribution in [3.63, 3.8) is 0 Å². The van der Waals surface area contributed by atoms with Crippen molar-refractivity contribution >= 4 is 0 Å². The molecule has 1 rings (SSSR count). The van der Waals surface area contributed by atoms with E-state index in [1.54, 1.807) is 0 Å². The second kappa shape index (κ2) is 7.77. The number of rotatable bonds is 2. The summed E-state index contributed by atoms with van der Waals surface area (Å²) in [5.41, 5.74) is 1.37. The second-order valence-corrected chi connectivity index (χ2v) is 2.72. The Bertz CT molecular complexity index is 189. The maximum Gasteiger partial charge on any atom is 1.00 e. The average Bonchev–Trinajstić information content (AvgIpc) is 1.88. The number of benzene rings is 1. The van der Waals surface area contributed by atoms with E-state index in [1.807, 2.05) is 6.07 Å². The maximum atomic E-state index is 2.16. The molecule has 0 aromatic heterocycles. The Kier molecular flexibility index (Phi) is 9.49. The fourth-order valence-corrected chi connectivity index (χ4v) is 0.949. The summed E-state index contributed by atoms with van der Waals surface area (Å²) in [4.78, 5) is 2.16. The minimum atomic E-state index is 0. The zero-order valence-corrected chi connectivity index (χ0v) is 9.99. The minimum absolute atomic E-state index is 0. The van der Waals surface area contributed by atoms with E-state index in [0.717, 1.165) is 6.54 Å². The Morgan fingerprint density at radius 2 is 1.58 bits per heavy atom. The van der Waals surface area contributed by atoms with E-state index in [0.29, 0.717) is 0 Å². The van der Waals surface area contributed by atoms with Gasteiger partial charge in [0.1, 0.15) is 0 Å². The van der Waals surface area contributed by atoms with Crippen molar-refractivity contribution in [1.82, 2.24) is 4.90 Å². The van der Waals surface area contributed by atoms with Crippen LogP contribution in [0.4, 0.5) is 0 Å². The first-order valence-corrected chi connectivity index (χ1v) is 3.47. The van der Waals surface area contributed by atoms with Crippen molar-refractivity contribution in [1.29, 1.82) is 0 Å². The normalized spacial score (nSPS) is 8.58. The van der Waals surface area contributed by atoms with E-state index in [-0.39, 0.29) is 35.0 Å². The van der Waals surface area contributed by atoms with Gasteiger partial charge in [-0.1, -0.05) is 30.3 Å². The fraction of sp³-hybridized carbons (Fsp3) is 0.333. The van der Waals surface area contributed by atoms with Gasteiger partial charge < -0.3 is 10.4 Å². The standard InChI is InChI=1S/C9H13N.Na.H2O/c1-10(2)8-9-6-4-3-5-7-9;;/h3-7H,8H2,1-2H3;;1H2/q;+1;/p-1. The number of hydrogen-bond donors (Lipinski definition) is 0. The van der Waals surface area contributed by atoms with E-state index in [1.165, 1.54) is 5.56 Å². The van der Waals surface area contributed by atoms with Gasteiger partial charge in [0, 0.05) is 6.54 Å². The molecule has 0 radical (unpaired) electrons. The third-order valence-corrected chi connectivity index (χ3v) is 1.34. The SMILES string of the molecule is CN(C)Cc1ccccc1.[Na+].[OH-]. The van der Waals surface area contributed by atoms with Crippen LogP contribution in [0.1, 0.15) is 5.56 Å². The molecule has 0 amide bonds. The Labute approximate surface area is 96.2 Å². The molecule has 0 aliphatic carbocycles. The van der Waals surface area contributed by atoms with Crippen LogP contribution in [0.2, 0.25) is 0 Å². The van der Waals surface area contributed by atoms with Crippen LogP contribution in [0.5, 0.6) is 0 Å². The van der Waals surface area contributed by atoms with Crippen molar-refractivity contribution in [3.8, 4) is 0 Å². The van der Waals surface area contributed by atoms with Crippen LogP contribution in [0.15, 0.2) is 30.3 Å². The summed E-state index contributed by atoms with van der Waals surface area (Å²) in [5.74, 6) is 0. The topological polar surface area (TPSA) is 33.2 Å². The van der Waals surface area contributed by atoms with Crippen LogP contribution in [-0.2, 0) is 6.54 Å². The van der Waals surface area contributed by atoms with Crippen molar-refractivity contribution in [2.24, 2.45) is 0 Å². The van der Waals surface area contributed by atoms with Gasteiger partial charge in [0.05, 0.1) is 0 Å². The maximum absolute atomic E-state index is 2.16. The van der Waals surface area contributed by atoms with Gasteiger partial charge in [-0.25, -0.2) is 0 Å². The monoisotopic (exact) mass is 175 g/mol. The van der Waals surface area contributed by atoms with Gasteiger partial charge in [-0.3, -0.25) is 0 Å². The minimum Gasteiger partial charge on any atom is -0.870 e. The largest absolute Gasteiger partial charge is 1.00 e. The molecular formula is C9H14NNaO. The molecule has 62 valence electrons. The van der Waals surface area contributed by atoms with E-state index >= 15 is 0 Å². The predicted molar refractivity (Wildman–Crippen MR) is 45.8 cm³/mol. The van der Waals surface area contributed by atoms with Gasteiger partial charge in [0.25, 0.3) is 0 Å². The summed E-state index contributed by atoms with van der Waals surface area (Å²) in [7, 11) is 4.15. The molecule has 2 nitrogen and oxygen atoms in total. The molecule has 1 N–H and O–H groups in total. The molecular weight excluding hydrogens is 161 g/mol. The Morgan fingerprint density at radius 3 is 2.00 bits per heavy atom. The summed E-state index contributed by atoms with van der Waals surface area (Å²) in [6, 6.07) is 10.5. The zero-order valence-electron chi connectivity index (χ0n) is 7.99. The molecule has 0 aliphatic heterocycles. The molecule has 0 unspecified atom stereocenters. The van der Waals surface area contributed by atoms with Crippen LogP contribution in [0.25, 0.3) is 0 Å². The van der Waals surface area contributed by atoms with Crippen molar-refractivity contribution < 1.29 is 35.0 Å². The first kappa shape index (κ1) is 14.7. The van der Waals surface area contributed by atoms with Crippen LogP contribution in [-0.4, -0.2) is 24.5 Å². The summed E-state index contributed by atoms with van der Waals surface area (Å²) in [6.07, 6.45) is 0. The third-order valence-electron chi connectivity index (χ3n) is 1.34. The molecule has 0 saturated carbocycles. The van der Waals surface area contributed by atoms with Crippen LogP contribution >= 0.6 is 0 Å². The molecule has 12 heavy (non-hydrogen) atoms. The van der Waals surface area contributed by atoms with Gasteiger partial charge in [-0.15, -0.1) is 0 Å². The van der Waals surface area contributed by atoms with Crippen LogP contribution in [0, 0.1) is 0 Å². The summed E-state index contributed by atoms with van der Waals surface area (Å²) < 4.78 is 0. The van der Waals surface area contributed by atoms with Crippen molar-refractivity contribution in [3.05, 3.63) is 35.9 Å². The van der Waals surface area contributed by atoms with E-state index in [4.69, 9.17) is 0 Å². The molecule has 0 saturated heterocycles. The summed E-state index contributed by atoms with van der Waals surface area (Å²) >= 11 is 0. The first-order chi connectivity index (χ1) is 4.79. The fourth-order valence-electron chi connectivity index (χ4n) is 0.949. The molecule has 0 fully saturated rings. The van der Waals surface area contributed by atoms with Crippen LogP contribution < -0.4 is 29.6 Å². The van der Waals surface area contributed by atoms with Crippen molar-refractivity contribution in [2.45, 2.75) is 6.54 Å². The Hall–Kier alpha value is 0.140. The molecule has 1 aromatic rings. The van der Waals surface area contributed by atoms with E-state index in [2.05, 4.69) is 43.3 Å². The molecule has 3 heteroatoms. The number of hydrogen-bond acceptors (Lipinski definition) is 2. The number of nitrogens with zero attached hydrogens (tertiary/aromatic N) is 1. The molecule has 0 heterocycles. The van der Waals surface area contributed by atoms with Gasteiger partial charge in [-0.05, 0) is 19.7 Å². The van der Waals surface area contributed by atoms with E-state index in [9.17, 15) is 0 Å². The van der Waals surface area contributed by atoms with Crippen molar-refractivity contribution in [2.75, 3.05) is 14.1 Å². The summed E-state index contributed by atoms with van der Waals surface area (Å²) in [5, 5.41) is 0. The Morgan fingerprint density at radius 1 is 1.08 bits per heavy atom. The van der Waals surface area contributed by atoms with Crippen LogP contribution in [0.3, 0.4) is 0 Å². The molecule has 0 atom stereocenters. The smallest absolute Gasteiger partial charge is 0.870 e. The summed E-state index contributed by atoms with van der Waals surface area (Å²) in [6.45, 7) is 1.03. The van der Waals surface area contributed by atoms with Gasteiger partial charge in [-0.2, -0.15) is 0 Å². The predicted octanol–water partition coefficient (Wildman–Crippen LogP) is -1.42. The van der Waals surface area contributed by atoms with E-state index < -0.39 is 0 Å². The zero-order chi connectivity index (χ0) is 7.40. The quantitative estimate of drug-likeness (QED) is 0.517. The van der Waals surface area contributed by atoms with Gasteiger partial charge >= 0.3 is 29.6 Å².